The van der Waals surface area contributed by atoms with Gasteiger partial charge < -0.3 is 18.9 Å². The van der Waals surface area contributed by atoms with Crippen LogP contribution in [-0.4, -0.2) is 83.1 Å². The predicted molar refractivity (Wildman–Crippen MR) is 188 cm³/mol. The average Bonchev–Trinajstić information content (AvgIpc) is 2.95. The first-order valence-electron chi connectivity index (χ1n) is 18.4. The summed E-state index contributed by atoms with van der Waals surface area (Å²) >= 11 is 0. The molecule has 0 radical (unpaired) electrons. The fourth-order valence-corrected chi connectivity index (χ4v) is 5.44. The van der Waals surface area contributed by atoms with Crippen LogP contribution in [-0.2, 0) is 9.47 Å². The van der Waals surface area contributed by atoms with E-state index in [-0.39, 0.29) is 6.10 Å². The van der Waals surface area contributed by atoms with Crippen LogP contribution in [0.2, 0.25) is 0 Å². The smallest absolute Gasteiger partial charge is 0.130 e. The molecular formula is C38H77N2O2+. The highest BCUT2D eigenvalue weighted by Gasteiger charge is 2.23. The quantitative estimate of drug-likeness (QED) is 0.0429. The van der Waals surface area contributed by atoms with Crippen LogP contribution in [0.1, 0.15) is 149 Å². The van der Waals surface area contributed by atoms with E-state index in [0.717, 1.165) is 37.4 Å². The van der Waals surface area contributed by atoms with Gasteiger partial charge in [0.05, 0.1) is 27.2 Å². The van der Waals surface area contributed by atoms with E-state index in [2.05, 4.69) is 71.2 Å². The van der Waals surface area contributed by atoms with Gasteiger partial charge in [0.25, 0.3) is 0 Å². The Morgan fingerprint density at radius 3 is 1.52 bits per heavy atom. The Kier molecular flexibility index (Phi) is 31.2. The Hall–Kier alpha value is -0.680. The highest BCUT2D eigenvalue weighted by Crippen LogP contribution is 2.12. The predicted octanol–water partition coefficient (Wildman–Crippen LogP) is 10.4. The molecule has 0 aliphatic carbocycles. The lowest BCUT2D eigenvalue weighted by molar-refractivity contribution is -0.893. The molecule has 0 aromatic carbocycles. The van der Waals surface area contributed by atoms with Gasteiger partial charge in [0.1, 0.15) is 12.6 Å². The third kappa shape index (κ3) is 32.2. The van der Waals surface area contributed by atoms with Gasteiger partial charge >= 0.3 is 0 Å². The van der Waals surface area contributed by atoms with Crippen molar-refractivity contribution >= 4 is 0 Å². The summed E-state index contributed by atoms with van der Waals surface area (Å²) in [6, 6.07) is 0. The van der Waals surface area contributed by atoms with Crippen LogP contribution < -0.4 is 0 Å². The van der Waals surface area contributed by atoms with Crippen LogP contribution in [0, 0.1) is 0 Å². The third-order valence-corrected chi connectivity index (χ3v) is 8.18. The number of ether oxygens (including phenoxy) is 2. The van der Waals surface area contributed by atoms with Crippen LogP contribution in [0.15, 0.2) is 24.3 Å². The largest absolute Gasteiger partial charge is 0.379 e. The van der Waals surface area contributed by atoms with E-state index < -0.39 is 0 Å². The Morgan fingerprint density at radius 1 is 0.571 bits per heavy atom. The molecular weight excluding hydrogens is 516 g/mol. The Bertz CT molecular complexity index is 588. The van der Waals surface area contributed by atoms with Crippen LogP contribution in [0.5, 0.6) is 0 Å². The molecule has 4 nitrogen and oxygen atoms in total. The standard InChI is InChI=1S/C38H77N2O2/c1-7-9-11-13-15-17-19-21-23-25-27-29-34-41-37-38(36-40(5,6)33-31-32-39(3)4)42-35-30-28-26-24-22-20-18-16-14-12-10-8-2/h13-16,38H,7-12,17-37H2,1-6H3/q+1/b15-13-,16-14-. The van der Waals surface area contributed by atoms with Crippen molar-refractivity contribution in [3.05, 3.63) is 24.3 Å². The minimum absolute atomic E-state index is 0.198. The maximum absolute atomic E-state index is 6.44. The van der Waals surface area contributed by atoms with Crippen LogP contribution in [0.25, 0.3) is 0 Å². The fraction of sp³-hybridized carbons (Fsp3) is 0.895. The molecule has 0 heterocycles. The number of allylic oxidation sites excluding steroid dienone is 4. The molecule has 0 aromatic rings. The normalized spacial score (nSPS) is 13.3. The molecule has 1 atom stereocenters. The molecule has 0 bridgehead atoms. The van der Waals surface area contributed by atoms with Crippen molar-refractivity contribution in [2.75, 3.05) is 67.6 Å². The number of quaternary nitrogens is 1. The molecule has 0 aromatic heterocycles. The van der Waals surface area contributed by atoms with E-state index in [1.165, 1.54) is 141 Å². The monoisotopic (exact) mass is 594 g/mol. The lowest BCUT2D eigenvalue weighted by Crippen LogP contribution is -2.48. The second kappa shape index (κ2) is 31.7. The van der Waals surface area contributed by atoms with E-state index >= 15 is 0 Å². The van der Waals surface area contributed by atoms with Crippen molar-refractivity contribution in [2.24, 2.45) is 0 Å². The molecule has 0 saturated carbocycles. The number of likely N-dealkylation sites (N-methyl/N-ethyl adjacent to an activating group) is 1. The molecule has 1 unspecified atom stereocenters. The van der Waals surface area contributed by atoms with Crippen LogP contribution in [0.4, 0.5) is 0 Å². The summed E-state index contributed by atoms with van der Waals surface area (Å²) in [4.78, 5) is 2.28. The first kappa shape index (κ1) is 41.3. The van der Waals surface area contributed by atoms with Crippen LogP contribution in [0.3, 0.4) is 0 Å². The van der Waals surface area contributed by atoms with Gasteiger partial charge in [0.2, 0.25) is 0 Å². The van der Waals surface area contributed by atoms with Crippen molar-refractivity contribution in [3.8, 4) is 0 Å². The van der Waals surface area contributed by atoms with Gasteiger partial charge in [-0.05, 0) is 65.5 Å². The third-order valence-electron chi connectivity index (χ3n) is 8.18. The number of hydrogen-bond donors (Lipinski definition) is 0. The zero-order valence-electron chi connectivity index (χ0n) is 29.7. The fourth-order valence-electron chi connectivity index (χ4n) is 5.44. The Morgan fingerprint density at radius 2 is 1.02 bits per heavy atom. The SMILES string of the molecule is CCCC/C=C\CCCCCCCCOCC(C[N+](C)(C)CCCN(C)C)OCCCCCCCC/C=C\CCCC. The van der Waals surface area contributed by atoms with E-state index in [1.807, 2.05) is 0 Å². The molecule has 0 aliphatic rings. The summed E-state index contributed by atoms with van der Waals surface area (Å²) < 4.78 is 13.6. The number of hydrogen-bond acceptors (Lipinski definition) is 3. The van der Waals surface area contributed by atoms with Gasteiger partial charge in [-0.25, -0.2) is 0 Å². The maximum atomic E-state index is 6.44. The van der Waals surface area contributed by atoms with Gasteiger partial charge in [-0.3, -0.25) is 0 Å². The minimum atomic E-state index is 0.198. The van der Waals surface area contributed by atoms with Gasteiger partial charge in [0, 0.05) is 26.2 Å². The number of unbranched alkanes of at least 4 members (excludes halogenated alkanes) is 16. The first-order valence-corrected chi connectivity index (χ1v) is 18.4. The molecule has 0 saturated heterocycles. The summed E-state index contributed by atoms with van der Waals surface area (Å²) in [6.45, 7) is 10.4. The van der Waals surface area contributed by atoms with Crippen molar-refractivity contribution in [1.82, 2.24) is 4.90 Å². The topological polar surface area (TPSA) is 21.7 Å². The molecule has 250 valence electrons. The maximum Gasteiger partial charge on any atom is 0.130 e. The highest BCUT2D eigenvalue weighted by atomic mass is 16.5. The Labute approximate surface area is 265 Å². The number of nitrogens with zero attached hydrogens (tertiary/aromatic N) is 2. The van der Waals surface area contributed by atoms with Crippen molar-refractivity contribution in [1.29, 1.82) is 0 Å². The van der Waals surface area contributed by atoms with Crippen molar-refractivity contribution in [2.45, 2.75) is 155 Å². The molecule has 42 heavy (non-hydrogen) atoms. The molecule has 0 amide bonds. The summed E-state index contributed by atoms with van der Waals surface area (Å²) in [5.74, 6) is 0. The van der Waals surface area contributed by atoms with Crippen molar-refractivity contribution < 1.29 is 14.0 Å². The van der Waals surface area contributed by atoms with Gasteiger partial charge in [-0.1, -0.05) is 115 Å². The Balaban J connectivity index is 4.10. The van der Waals surface area contributed by atoms with Gasteiger partial charge in [-0.15, -0.1) is 0 Å². The molecule has 0 spiro atoms. The minimum Gasteiger partial charge on any atom is -0.379 e. The molecule has 4 heteroatoms. The lowest BCUT2D eigenvalue weighted by Gasteiger charge is -2.34. The zero-order chi connectivity index (χ0) is 31.0. The second-order valence-electron chi connectivity index (χ2n) is 13.6. The molecule has 0 rings (SSSR count). The molecule has 0 fully saturated rings. The summed E-state index contributed by atoms with van der Waals surface area (Å²) in [6.07, 6.45) is 37.0. The summed E-state index contributed by atoms with van der Waals surface area (Å²) in [7, 11) is 9.04. The molecule has 0 aliphatic heterocycles. The van der Waals surface area contributed by atoms with Crippen LogP contribution >= 0.6 is 0 Å². The second-order valence-corrected chi connectivity index (χ2v) is 13.6. The average molecular weight is 594 g/mol. The van der Waals surface area contributed by atoms with Gasteiger partial charge in [-0.2, -0.15) is 0 Å². The van der Waals surface area contributed by atoms with Crippen molar-refractivity contribution in [3.63, 3.8) is 0 Å². The lowest BCUT2D eigenvalue weighted by atomic mass is 10.1. The number of rotatable bonds is 33. The van der Waals surface area contributed by atoms with Gasteiger partial charge in [0.15, 0.2) is 0 Å². The molecule has 0 N–H and O–H groups in total. The first-order chi connectivity index (χ1) is 20.4. The van der Waals surface area contributed by atoms with E-state index in [1.54, 1.807) is 0 Å². The van der Waals surface area contributed by atoms with E-state index in [4.69, 9.17) is 9.47 Å². The highest BCUT2D eigenvalue weighted by molar-refractivity contribution is 4.81. The summed E-state index contributed by atoms with van der Waals surface area (Å²) in [5.41, 5.74) is 0. The van der Waals surface area contributed by atoms with E-state index in [0.29, 0.717) is 0 Å². The zero-order valence-corrected chi connectivity index (χ0v) is 29.7. The summed E-state index contributed by atoms with van der Waals surface area (Å²) in [5, 5.41) is 0. The van der Waals surface area contributed by atoms with E-state index in [9.17, 15) is 0 Å².